The standard InChI is InChI=1S/C23H35N3O3.ClH/c1-3-4-5-6-7-8-9-10-11-19-12-14-20(15-13-19)23-25-22(29-26-23)16-21(17-24)28-18(2)27;/h12-15,21H,3-11,16-17,24H2,1-2H3;1H. The highest BCUT2D eigenvalue weighted by molar-refractivity contribution is 5.85. The maximum Gasteiger partial charge on any atom is 0.302 e. The number of ether oxygens (including phenoxy) is 1. The van der Waals surface area contributed by atoms with E-state index in [9.17, 15) is 4.79 Å². The van der Waals surface area contributed by atoms with Gasteiger partial charge in [-0.05, 0) is 18.4 Å². The first kappa shape index (κ1) is 26.1. The van der Waals surface area contributed by atoms with Crippen LogP contribution in [0.1, 0.15) is 76.7 Å². The van der Waals surface area contributed by atoms with Crippen LogP contribution in [0.2, 0.25) is 0 Å². The normalized spacial score (nSPS) is 11.7. The Balaban J connectivity index is 0.00000450. The zero-order valence-electron chi connectivity index (χ0n) is 18.3. The molecule has 30 heavy (non-hydrogen) atoms. The van der Waals surface area contributed by atoms with Gasteiger partial charge in [-0.25, -0.2) is 0 Å². The quantitative estimate of drug-likeness (QED) is 0.319. The van der Waals surface area contributed by atoms with E-state index in [0.717, 1.165) is 12.0 Å². The largest absolute Gasteiger partial charge is 0.461 e. The first-order valence-corrected chi connectivity index (χ1v) is 10.9. The lowest BCUT2D eigenvalue weighted by Gasteiger charge is -2.11. The summed E-state index contributed by atoms with van der Waals surface area (Å²) in [5.74, 6) is 0.587. The molecule has 168 valence electrons. The zero-order chi connectivity index (χ0) is 20.9. The molecule has 1 heterocycles. The van der Waals surface area contributed by atoms with Crippen LogP contribution in [0.3, 0.4) is 0 Å². The number of carbonyl (C=O) groups excluding carboxylic acids is 1. The third-order valence-corrected chi connectivity index (χ3v) is 5.00. The van der Waals surface area contributed by atoms with Crippen LogP contribution < -0.4 is 5.73 Å². The van der Waals surface area contributed by atoms with Crippen molar-refractivity contribution in [2.45, 2.75) is 84.2 Å². The molecular formula is C23H36ClN3O3. The van der Waals surface area contributed by atoms with E-state index in [1.165, 1.54) is 63.9 Å². The van der Waals surface area contributed by atoms with E-state index in [4.69, 9.17) is 15.0 Å². The molecule has 0 amide bonds. The Kier molecular flexibility index (Phi) is 13.0. The molecule has 7 heteroatoms. The van der Waals surface area contributed by atoms with Gasteiger partial charge < -0.3 is 15.0 Å². The van der Waals surface area contributed by atoms with Gasteiger partial charge in [-0.15, -0.1) is 12.4 Å². The molecule has 0 saturated carbocycles. The van der Waals surface area contributed by atoms with E-state index in [1.54, 1.807) is 0 Å². The van der Waals surface area contributed by atoms with Gasteiger partial charge in [0.2, 0.25) is 11.7 Å². The molecule has 6 nitrogen and oxygen atoms in total. The molecule has 0 radical (unpaired) electrons. The van der Waals surface area contributed by atoms with E-state index in [1.807, 2.05) is 12.1 Å². The fourth-order valence-electron chi connectivity index (χ4n) is 3.34. The molecule has 1 aromatic heterocycles. The highest BCUT2D eigenvalue weighted by atomic mass is 35.5. The van der Waals surface area contributed by atoms with Crippen LogP contribution >= 0.6 is 12.4 Å². The van der Waals surface area contributed by atoms with Gasteiger partial charge in [-0.2, -0.15) is 4.98 Å². The maximum absolute atomic E-state index is 11.1. The number of nitrogens with zero attached hydrogens (tertiary/aromatic N) is 2. The summed E-state index contributed by atoms with van der Waals surface area (Å²) in [7, 11) is 0. The lowest BCUT2D eigenvalue weighted by atomic mass is 10.0. The monoisotopic (exact) mass is 437 g/mol. The second kappa shape index (κ2) is 15.0. The molecular weight excluding hydrogens is 402 g/mol. The average molecular weight is 438 g/mol. The molecule has 2 rings (SSSR count). The summed E-state index contributed by atoms with van der Waals surface area (Å²) in [6.07, 6.45) is 11.6. The Bertz CT molecular complexity index is 719. The lowest BCUT2D eigenvalue weighted by molar-refractivity contribution is -0.145. The van der Waals surface area contributed by atoms with Gasteiger partial charge in [0.25, 0.3) is 0 Å². The number of hydrogen-bond acceptors (Lipinski definition) is 6. The number of carbonyl (C=O) groups is 1. The molecule has 1 aromatic carbocycles. The number of benzene rings is 1. The number of hydrogen-bond donors (Lipinski definition) is 1. The minimum absolute atomic E-state index is 0. The number of aromatic nitrogens is 2. The number of halogens is 1. The number of aryl methyl sites for hydroxylation is 1. The SMILES string of the molecule is CCCCCCCCCCc1ccc(-c2noc(CC(CN)OC(C)=O)n2)cc1.Cl. The topological polar surface area (TPSA) is 91.2 Å². The molecule has 0 aliphatic heterocycles. The summed E-state index contributed by atoms with van der Waals surface area (Å²) in [5.41, 5.74) is 7.87. The summed E-state index contributed by atoms with van der Waals surface area (Å²) < 4.78 is 10.4. The number of rotatable bonds is 14. The second-order valence-corrected chi connectivity index (χ2v) is 7.60. The van der Waals surface area contributed by atoms with Crippen molar-refractivity contribution in [3.8, 4) is 11.4 Å². The van der Waals surface area contributed by atoms with Crippen molar-refractivity contribution in [1.29, 1.82) is 0 Å². The summed E-state index contributed by atoms with van der Waals surface area (Å²) in [6, 6.07) is 8.32. The summed E-state index contributed by atoms with van der Waals surface area (Å²) in [5, 5.41) is 4.03. The lowest BCUT2D eigenvalue weighted by Crippen LogP contribution is -2.28. The fourth-order valence-corrected chi connectivity index (χ4v) is 3.34. The van der Waals surface area contributed by atoms with Gasteiger partial charge in [0.05, 0.1) is 6.42 Å². The molecule has 2 aromatic rings. The Morgan fingerprint density at radius 3 is 2.30 bits per heavy atom. The van der Waals surface area contributed by atoms with Crippen molar-refractivity contribution in [2.24, 2.45) is 5.73 Å². The molecule has 0 fully saturated rings. The average Bonchev–Trinajstić information content (AvgIpc) is 3.18. The maximum atomic E-state index is 11.1. The highest BCUT2D eigenvalue weighted by Crippen LogP contribution is 2.19. The van der Waals surface area contributed by atoms with Crippen molar-refractivity contribution < 1.29 is 14.1 Å². The minimum atomic E-state index is -0.449. The third kappa shape index (κ3) is 9.72. The summed E-state index contributed by atoms with van der Waals surface area (Å²) in [6.45, 7) is 3.83. The summed E-state index contributed by atoms with van der Waals surface area (Å²) in [4.78, 5) is 15.5. The van der Waals surface area contributed by atoms with Crippen molar-refractivity contribution in [3.63, 3.8) is 0 Å². The molecule has 2 N–H and O–H groups in total. The molecule has 1 unspecified atom stereocenters. The van der Waals surface area contributed by atoms with Crippen LogP contribution in [-0.4, -0.2) is 28.8 Å². The fraction of sp³-hybridized carbons (Fsp3) is 0.609. The van der Waals surface area contributed by atoms with Gasteiger partial charge >= 0.3 is 5.97 Å². The smallest absolute Gasteiger partial charge is 0.302 e. The van der Waals surface area contributed by atoms with Crippen LogP contribution in [-0.2, 0) is 22.4 Å². The van der Waals surface area contributed by atoms with Crippen LogP contribution in [0, 0.1) is 0 Å². The van der Waals surface area contributed by atoms with Gasteiger partial charge in [0.15, 0.2) is 0 Å². The van der Waals surface area contributed by atoms with Gasteiger partial charge in [-0.1, -0.05) is 81.3 Å². The van der Waals surface area contributed by atoms with E-state index in [0.29, 0.717) is 18.1 Å². The Hall–Kier alpha value is -1.92. The Morgan fingerprint density at radius 1 is 1.07 bits per heavy atom. The molecule has 1 atom stereocenters. The Morgan fingerprint density at radius 2 is 1.70 bits per heavy atom. The highest BCUT2D eigenvalue weighted by Gasteiger charge is 2.16. The van der Waals surface area contributed by atoms with Gasteiger partial charge in [-0.3, -0.25) is 4.79 Å². The first-order valence-electron chi connectivity index (χ1n) is 10.9. The predicted octanol–water partition coefficient (Wildman–Crippen LogP) is 5.27. The number of unbranched alkanes of at least 4 members (excludes halogenated alkanes) is 7. The van der Waals surface area contributed by atoms with E-state index < -0.39 is 6.10 Å². The predicted molar refractivity (Wildman–Crippen MR) is 122 cm³/mol. The van der Waals surface area contributed by atoms with Crippen LogP contribution in [0.5, 0.6) is 0 Å². The van der Waals surface area contributed by atoms with Crippen LogP contribution in [0.15, 0.2) is 28.8 Å². The summed E-state index contributed by atoms with van der Waals surface area (Å²) >= 11 is 0. The molecule has 0 saturated heterocycles. The number of nitrogens with two attached hydrogens (primary N) is 1. The van der Waals surface area contributed by atoms with E-state index >= 15 is 0 Å². The molecule has 0 aliphatic carbocycles. The van der Waals surface area contributed by atoms with Crippen molar-refractivity contribution in [2.75, 3.05) is 6.54 Å². The molecule has 0 aliphatic rings. The van der Waals surface area contributed by atoms with Gasteiger partial charge in [0, 0.05) is 19.0 Å². The zero-order valence-corrected chi connectivity index (χ0v) is 19.1. The second-order valence-electron chi connectivity index (χ2n) is 7.60. The van der Waals surface area contributed by atoms with Crippen molar-refractivity contribution in [1.82, 2.24) is 10.1 Å². The first-order chi connectivity index (χ1) is 14.1. The van der Waals surface area contributed by atoms with Crippen LogP contribution in [0.4, 0.5) is 0 Å². The minimum Gasteiger partial charge on any atom is -0.461 e. The third-order valence-electron chi connectivity index (χ3n) is 5.00. The molecule has 0 bridgehead atoms. The van der Waals surface area contributed by atoms with Gasteiger partial charge in [0.1, 0.15) is 6.10 Å². The molecule has 0 spiro atoms. The van der Waals surface area contributed by atoms with Crippen LogP contribution in [0.25, 0.3) is 11.4 Å². The Labute approximate surface area is 186 Å². The van der Waals surface area contributed by atoms with E-state index in [2.05, 4.69) is 29.2 Å². The van der Waals surface area contributed by atoms with Crippen molar-refractivity contribution >= 4 is 18.4 Å². The van der Waals surface area contributed by atoms with Crippen molar-refractivity contribution in [3.05, 3.63) is 35.7 Å². The number of esters is 1. The van der Waals surface area contributed by atoms with E-state index in [-0.39, 0.29) is 24.9 Å².